The second-order valence-electron chi connectivity index (χ2n) is 6.98. The molecule has 0 aliphatic carbocycles. The largest absolute Gasteiger partial charge is 0.508 e. The lowest BCUT2D eigenvalue weighted by molar-refractivity contribution is -0.376. The topological polar surface area (TPSA) is 62.5 Å². The van der Waals surface area contributed by atoms with Gasteiger partial charge in [-0.05, 0) is 42.1 Å². The number of hydrogen-bond donors (Lipinski definition) is 2. The fraction of sp³-hybridized carbons (Fsp3) is 0.350. The molecular formula is C20H17F6NO3. The molecule has 0 spiro atoms. The Bertz CT molecular complexity index is 1150. The van der Waals surface area contributed by atoms with E-state index in [1.165, 1.54) is 16.7 Å². The summed E-state index contributed by atoms with van der Waals surface area (Å²) in [6, 6.07) is 5.60. The van der Waals surface area contributed by atoms with Crippen molar-refractivity contribution in [3.05, 3.63) is 52.3 Å². The van der Waals surface area contributed by atoms with Crippen LogP contribution in [-0.4, -0.2) is 27.1 Å². The highest BCUT2D eigenvalue weighted by molar-refractivity contribution is 6.06. The number of phenolic OH excluding ortho intramolecular Hbond substituents is 1. The fourth-order valence-electron chi connectivity index (χ4n) is 3.44. The van der Waals surface area contributed by atoms with E-state index in [-0.39, 0.29) is 34.0 Å². The zero-order valence-corrected chi connectivity index (χ0v) is 15.6. The maximum atomic E-state index is 13.3. The van der Waals surface area contributed by atoms with E-state index in [2.05, 4.69) is 0 Å². The monoisotopic (exact) mass is 433 g/mol. The molecule has 0 saturated heterocycles. The van der Waals surface area contributed by atoms with Gasteiger partial charge in [0.1, 0.15) is 5.75 Å². The van der Waals surface area contributed by atoms with Crippen LogP contribution in [-0.2, 0) is 12.1 Å². The van der Waals surface area contributed by atoms with Crippen molar-refractivity contribution in [3.63, 3.8) is 0 Å². The van der Waals surface area contributed by atoms with Gasteiger partial charge in [-0.3, -0.25) is 4.79 Å². The molecule has 1 aromatic heterocycles. The van der Waals surface area contributed by atoms with E-state index in [0.717, 1.165) is 12.1 Å². The van der Waals surface area contributed by atoms with Gasteiger partial charge in [0.05, 0.1) is 10.9 Å². The number of aromatic nitrogens is 1. The summed E-state index contributed by atoms with van der Waals surface area (Å²) in [7, 11) is 0. The highest BCUT2D eigenvalue weighted by Gasteiger charge is 2.71. The Kier molecular flexibility index (Phi) is 5.26. The number of unbranched alkanes of at least 4 members (excludes halogenated alkanes) is 1. The number of pyridine rings is 1. The quantitative estimate of drug-likeness (QED) is 0.451. The lowest BCUT2D eigenvalue weighted by Gasteiger charge is -2.33. The second kappa shape index (κ2) is 7.19. The maximum absolute atomic E-state index is 13.3. The van der Waals surface area contributed by atoms with Crippen molar-refractivity contribution in [2.45, 2.75) is 44.3 Å². The van der Waals surface area contributed by atoms with Crippen LogP contribution in [0.1, 0.15) is 25.3 Å². The Labute approximate surface area is 166 Å². The zero-order chi connectivity index (χ0) is 22.5. The summed E-state index contributed by atoms with van der Waals surface area (Å²) in [5, 5.41) is 19.4. The second-order valence-corrected chi connectivity index (χ2v) is 6.98. The first kappa shape index (κ1) is 21.9. The van der Waals surface area contributed by atoms with Crippen LogP contribution in [0.4, 0.5) is 26.3 Å². The molecule has 0 amide bonds. The number of aromatic hydroxyl groups is 1. The Morgan fingerprint density at radius 2 is 1.53 bits per heavy atom. The van der Waals surface area contributed by atoms with Crippen LogP contribution in [0.5, 0.6) is 5.75 Å². The lowest BCUT2D eigenvalue weighted by Crippen LogP contribution is -2.53. The maximum Gasteiger partial charge on any atom is 0.430 e. The summed E-state index contributed by atoms with van der Waals surface area (Å²) in [5.74, 6) is -0.278. The van der Waals surface area contributed by atoms with Crippen molar-refractivity contribution in [3.8, 4) is 5.75 Å². The van der Waals surface area contributed by atoms with Crippen molar-refractivity contribution >= 4 is 21.7 Å². The Morgan fingerprint density at radius 1 is 0.900 bits per heavy atom. The molecule has 0 saturated carbocycles. The fourth-order valence-corrected chi connectivity index (χ4v) is 3.44. The van der Waals surface area contributed by atoms with Crippen molar-refractivity contribution in [1.29, 1.82) is 0 Å². The first-order chi connectivity index (χ1) is 13.8. The van der Waals surface area contributed by atoms with E-state index in [4.69, 9.17) is 0 Å². The summed E-state index contributed by atoms with van der Waals surface area (Å²) in [4.78, 5) is 12.8. The van der Waals surface area contributed by atoms with Crippen LogP contribution in [0.2, 0.25) is 0 Å². The molecule has 0 radical (unpaired) electrons. The molecule has 0 fully saturated rings. The molecule has 0 aliphatic heterocycles. The highest BCUT2D eigenvalue weighted by atomic mass is 19.4. The van der Waals surface area contributed by atoms with E-state index in [1.807, 2.05) is 6.92 Å². The van der Waals surface area contributed by atoms with Crippen molar-refractivity contribution in [2.24, 2.45) is 0 Å². The molecule has 3 rings (SSSR count). The first-order valence-corrected chi connectivity index (χ1v) is 8.98. The molecule has 2 N–H and O–H groups in total. The number of fused-ring (bicyclic) bond motifs is 3. The average molecular weight is 433 g/mol. The zero-order valence-electron chi connectivity index (χ0n) is 15.6. The Hall–Kier alpha value is -2.75. The van der Waals surface area contributed by atoms with Gasteiger partial charge in [0.15, 0.2) is 0 Å². The standard InChI is InChI=1S/C20H17F6NO3/c1-2-3-8-27-16-7-4-11(18(30,19(21,22)23)20(24,25)26)9-14(16)13-6-5-12(28)10-15(13)17(27)29/h4-7,9-10,28,30H,2-3,8H2,1H3. The molecule has 0 unspecified atom stereocenters. The van der Waals surface area contributed by atoms with Crippen LogP contribution >= 0.6 is 0 Å². The number of hydrogen-bond acceptors (Lipinski definition) is 3. The minimum Gasteiger partial charge on any atom is -0.508 e. The van der Waals surface area contributed by atoms with Gasteiger partial charge in [0, 0.05) is 17.5 Å². The summed E-state index contributed by atoms with van der Waals surface area (Å²) in [6.07, 6.45) is -10.8. The minimum absolute atomic E-state index is 0.0571. The van der Waals surface area contributed by atoms with Crippen LogP contribution in [0, 0.1) is 0 Å². The molecule has 30 heavy (non-hydrogen) atoms. The number of benzene rings is 2. The molecule has 0 aliphatic rings. The number of nitrogens with zero attached hydrogens (tertiary/aromatic N) is 1. The summed E-state index contributed by atoms with van der Waals surface area (Å²) in [6.45, 7) is 2.03. The van der Waals surface area contributed by atoms with E-state index >= 15 is 0 Å². The molecule has 0 atom stereocenters. The SMILES string of the molecule is CCCCn1c(=O)c2cc(O)ccc2c2cc(C(O)(C(F)(F)F)C(F)(F)F)ccc21. The predicted molar refractivity (Wildman–Crippen MR) is 98.3 cm³/mol. The summed E-state index contributed by atoms with van der Waals surface area (Å²) < 4.78 is 81.1. The van der Waals surface area contributed by atoms with E-state index < -0.39 is 29.1 Å². The third-order valence-electron chi connectivity index (χ3n) is 5.03. The molecular weight excluding hydrogens is 416 g/mol. The number of aliphatic hydroxyl groups is 1. The number of phenols is 1. The van der Waals surface area contributed by atoms with Crippen LogP contribution in [0.15, 0.2) is 41.2 Å². The van der Waals surface area contributed by atoms with Gasteiger partial charge in [-0.15, -0.1) is 0 Å². The van der Waals surface area contributed by atoms with Gasteiger partial charge < -0.3 is 14.8 Å². The van der Waals surface area contributed by atoms with Crippen LogP contribution < -0.4 is 5.56 Å². The van der Waals surface area contributed by atoms with E-state index in [9.17, 15) is 41.4 Å². The average Bonchev–Trinajstić information content (AvgIpc) is 2.65. The number of rotatable bonds is 4. The molecule has 1 heterocycles. The molecule has 4 nitrogen and oxygen atoms in total. The van der Waals surface area contributed by atoms with Crippen molar-refractivity contribution < 1.29 is 36.6 Å². The molecule has 162 valence electrons. The van der Waals surface area contributed by atoms with Crippen molar-refractivity contribution in [2.75, 3.05) is 0 Å². The minimum atomic E-state index is -6.02. The Balaban J connectivity index is 2.45. The predicted octanol–water partition coefficient (Wildman–Crippen LogP) is 4.97. The molecule has 3 aromatic rings. The third-order valence-corrected chi connectivity index (χ3v) is 5.03. The number of aryl methyl sites for hydroxylation is 1. The summed E-state index contributed by atoms with van der Waals surface area (Å²) >= 11 is 0. The number of halogens is 6. The molecule has 2 aromatic carbocycles. The third kappa shape index (κ3) is 3.28. The van der Waals surface area contributed by atoms with Crippen molar-refractivity contribution in [1.82, 2.24) is 4.57 Å². The Morgan fingerprint density at radius 3 is 2.10 bits per heavy atom. The van der Waals surface area contributed by atoms with Crippen LogP contribution in [0.3, 0.4) is 0 Å². The van der Waals surface area contributed by atoms with Crippen LogP contribution in [0.25, 0.3) is 21.7 Å². The van der Waals surface area contributed by atoms with Gasteiger partial charge in [-0.25, -0.2) is 0 Å². The molecule has 0 bridgehead atoms. The lowest BCUT2D eigenvalue weighted by atomic mass is 9.90. The van der Waals surface area contributed by atoms with Gasteiger partial charge in [-0.2, -0.15) is 26.3 Å². The highest BCUT2D eigenvalue weighted by Crippen LogP contribution is 2.50. The van der Waals surface area contributed by atoms with E-state index in [0.29, 0.717) is 25.0 Å². The normalized spacial score (nSPS) is 13.3. The number of alkyl halides is 6. The van der Waals surface area contributed by atoms with Gasteiger partial charge >= 0.3 is 12.4 Å². The smallest absolute Gasteiger partial charge is 0.430 e. The van der Waals surface area contributed by atoms with Gasteiger partial charge in [-0.1, -0.05) is 19.4 Å². The van der Waals surface area contributed by atoms with Gasteiger partial charge in [0.25, 0.3) is 11.2 Å². The first-order valence-electron chi connectivity index (χ1n) is 8.98. The van der Waals surface area contributed by atoms with E-state index in [1.54, 1.807) is 0 Å². The van der Waals surface area contributed by atoms with Gasteiger partial charge in [0.2, 0.25) is 0 Å². The molecule has 10 heteroatoms. The summed E-state index contributed by atoms with van der Waals surface area (Å²) in [5.41, 5.74) is -6.90.